The van der Waals surface area contributed by atoms with Crippen molar-refractivity contribution in [1.82, 2.24) is 9.55 Å². The predicted octanol–water partition coefficient (Wildman–Crippen LogP) is 1.12. The zero-order valence-electron chi connectivity index (χ0n) is 13.2. The molecule has 1 saturated heterocycles. The summed E-state index contributed by atoms with van der Waals surface area (Å²) in [4.78, 5) is 18.9. The molecule has 3 rings (SSSR count). The average Bonchev–Trinajstić information content (AvgIpc) is 2.57. The van der Waals surface area contributed by atoms with Crippen LogP contribution in [0.5, 0.6) is 0 Å². The maximum atomic E-state index is 12.3. The van der Waals surface area contributed by atoms with Gasteiger partial charge in [0.25, 0.3) is 5.56 Å². The third kappa shape index (κ3) is 2.86. The van der Waals surface area contributed by atoms with Crippen molar-refractivity contribution >= 4 is 33.3 Å². The number of aromatic nitrogens is 2. The highest BCUT2D eigenvalue weighted by Gasteiger charge is 2.27. The van der Waals surface area contributed by atoms with E-state index in [1.165, 1.54) is 0 Å². The lowest BCUT2D eigenvalue weighted by Crippen LogP contribution is -2.43. The Kier molecular flexibility index (Phi) is 4.41. The van der Waals surface area contributed by atoms with Gasteiger partial charge in [-0.25, -0.2) is 4.98 Å². The molecule has 3 heterocycles. The Morgan fingerprint density at radius 1 is 1.48 bits per heavy atom. The topological polar surface area (TPSA) is 71.2 Å². The van der Waals surface area contributed by atoms with Gasteiger partial charge in [-0.2, -0.15) is 5.26 Å². The van der Waals surface area contributed by atoms with E-state index in [4.69, 9.17) is 9.05 Å². The van der Waals surface area contributed by atoms with Gasteiger partial charge >= 0.3 is 16.6 Å². The number of rotatable bonds is 2. The first-order valence-corrected chi connectivity index (χ1v) is 8.03. The first-order valence-electron chi connectivity index (χ1n) is 7.56. The van der Waals surface area contributed by atoms with Crippen LogP contribution < -0.4 is 10.5 Å². The van der Waals surface area contributed by atoms with E-state index in [0.29, 0.717) is 17.1 Å². The molecule has 0 aromatic carbocycles. The lowest BCUT2D eigenvalue weighted by Gasteiger charge is -2.38. The van der Waals surface area contributed by atoms with Crippen molar-refractivity contribution in [3.8, 4) is 6.07 Å². The fourth-order valence-electron chi connectivity index (χ4n) is 3.16. The number of pyridine rings is 2. The molecule has 1 aliphatic rings. The van der Waals surface area contributed by atoms with Crippen LogP contribution in [-0.4, -0.2) is 45.4 Å². The first kappa shape index (κ1) is 16.0. The molecule has 0 amide bonds. The fraction of sp³-hybridized carbons (Fsp3) is 0.438. The molecule has 2 aromatic heterocycles. The second-order valence-electron chi connectivity index (χ2n) is 5.99. The highest BCUT2D eigenvalue weighted by atomic mass is 27.1. The molecule has 2 atom stereocenters. The van der Waals surface area contributed by atoms with Gasteiger partial charge in [0.15, 0.2) is 0 Å². The van der Waals surface area contributed by atoms with Crippen molar-refractivity contribution in [1.29, 1.82) is 5.26 Å². The molecule has 23 heavy (non-hydrogen) atoms. The van der Waals surface area contributed by atoms with E-state index in [0.717, 1.165) is 30.7 Å². The zero-order chi connectivity index (χ0) is 16.6. The van der Waals surface area contributed by atoms with Gasteiger partial charge in [0.2, 0.25) is 0 Å². The second-order valence-corrected chi connectivity index (χ2v) is 6.26. The Labute approximate surface area is 143 Å². The van der Waals surface area contributed by atoms with E-state index >= 15 is 0 Å². The smallest absolute Gasteiger partial charge is 0.369 e. The van der Waals surface area contributed by atoms with E-state index in [-0.39, 0.29) is 11.7 Å². The SMILES string of the molecule is C[C@@H]1CN(c2cc(=O)n(C)c3ccc(C#N)nc23)CC[C@H]1[O][Al]. The summed E-state index contributed by atoms with van der Waals surface area (Å²) < 4.78 is 6.98. The van der Waals surface area contributed by atoms with Crippen molar-refractivity contribution in [2.24, 2.45) is 13.0 Å². The Bertz CT molecular complexity index is 842. The minimum atomic E-state index is -0.0731. The Hall–Kier alpha value is -1.86. The second kappa shape index (κ2) is 6.33. The summed E-state index contributed by atoms with van der Waals surface area (Å²) >= 11 is 2.34. The molecule has 1 fully saturated rings. The quantitative estimate of drug-likeness (QED) is 0.774. The van der Waals surface area contributed by atoms with E-state index in [9.17, 15) is 4.79 Å². The molecule has 0 saturated carbocycles. The van der Waals surface area contributed by atoms with E-state index < -0.39 is 0 Å². The lowest BCUT2D eigenvalue weighted by atomic mass is 9.96. The molecule has 1 aliphatic heterocycles. The van der Waals surface area contributed by atoms with Crippen molar-refractivity contribution in [2.75, 3.05) is 18.0 Å². The highest BCUT2D eigenvalue weighted by molar-refractivity contribution is 5.98. The van der Waals surface area contributed by atoms with Gasteiger partial charge in [-0.15, -0.1) is 0 Å². The standard InChI is InChI=1S/C16H17N4O2.Al/c1-10-9-20(6-5-14(10)21)13-7-15(22)19(2)12-4-3-11(8-17)18-16(12)13;/h3-4,7,10,14H,5-6,9H2,1-2H3;/q-1;+1/t10-,14-;/m1./s1. The predicted molar refractivity (Wildman–Crippen MR) is 88.3 cm³/mol. The van der Waals surface area contributed by atoms with Crippen LogP contribution in [0.25, 0.3) is 11.0 Å². The zero-order valence-corrected chi connectivity index (χ0v) is 14.3. The van der Waals surface area contributed by atoms with Crippen LogP contribution in [0.15, 0.2) is 23.0 Å². The molecule has 0 aliphatic carbocycles. The number of piperidine rings is 1. The maximum Gasteiger partial charge on any atom is 0.369 e. The van der Waals surface area contributed by atoms with Gasteiger partial charge in [0.1, 0.15) is 17.3 Å². The van der Waals surface area contributed by atoms with Crippen LogP contribution >= 0.6 is 0 Å². The van der Waals surface area contributed by atoms with E-state index in [1.54, 1.807) is 29.8 Å². The molecule has 6 nitrogen and oxygen atoms in total. The highest BCUT2D eigenvalue weighted by Crippen LogP contribution is 2.28. The summed E-state index contributed by atoms with van der Waals surface area (Å²) in [7, 11) is 1.72. The van der Waals surface area contributed by atoms with Crippen molar-refractivity contribution in [3.05, 3.63) is 34.2 Å². The van der Waals surface area contributed by atoms with Crippen molar-refractivity contribution in [2.45, 2.75) is 19.4 Å². The first-order chi connectivity index (χ1) is 11.0. The van der Waals surface area contributed by atoms with E-state index in [1.807, 2.05) is 0 Å². The molecule has 0 N–H and O–H groups in total. The van der Waals surface area contributed by atoms with Gasteiger partial charge in [-0.05, 0) is 24.5 Å². The van der Waals surface area contributed by atoms with Gasteiger partial charge in [-0.3, -0.25) is 4.79 Å². The number of fused-ring (bicyclic) bond motifs is 1. The number of nitriles is 1. The normalized spacial score (nSPS) is 21.3. The van der Waals surface area contributed by atoms with Crippen LogP contribution in [0.4, 0.5) is 5.69 Å². The largest absolute Gasteiger partial charge is 0.513 e. The number of hydrogen-bond donors (Lipinski definition) is 0. The monoisotopic (exact) mass is 324 g/mol. The van der Waals surface area contributed by atoms with Gasteiger partial charge in [-0.1, -0.05) is 6.92 Å². The summed E-state index contributed by atoms with van der Waals surface area (Å²) in [5.74, 6) is 0.347. The van der Waals surface area contributed by atoms with Crippen molar-refractivity contribution < 1.29 is 3.79 Å². The minimum absolute atomic E-state index is 0.0731. The molecule has 0 spiro atoms. The molecule has 2 aromatic rings. The average molecular weight is 324 g/mol. The number of hydrogen-bond acceptors (Lipinski definition) is 5. The summed E-state index contributed by atoms with van der Waals surface area (Å²) in [5.41, 5.74) is 2.52. The molecule has 0 bridgehead atoms. The third-order valence-corrected chi connectivity index (χ3v) is 4.87. The molecular formula is C16H17AlN4O2. The summed E-state index contributed by atoms with van der Waals surface area (Å²) in [6.07, 6.45) is 1.09. The van der Waals surface area contributed by atoms with Crippen molar-refractivity contribution in [3.63, 3.8) is 0 Å². The van der Waals surface area contributed by atoms with Crippen LogP contribution in [0.3, 0.4) is 0 Å². The van der Waals surface area contributed by atoms with Crippen LogP contribution in [0.1, 0.15) is 19.0 Å². The molecular weight excluding hydrogens is 307 g/mol. The van der Waals surface area contributed by atoms with Gasteiger partial charge in [0.05, 0.1) is 11.2 Å². The molecule has 7 heteroatoms. The number of nitrogens with zero attached hydrogens (tertiary/aromatic N) is 4. The third-order valence-electron chi connectivity index (χ3n) is 4.53. The molecule has 116 valence electrons. The van der Waals surface area contributed by atoms with E-state index in [2.05, 4.69) is 39.5 Å². The Morgan fingerprint density at radius 3 is 2.91 bits per heavy atom. The van der Waals surface area contributed by atoms with Crippen LogP contribution in [-0.2, 0) is 10.8 Å². The Morgan fingerprint density at radius 2 is 2.26 bits per heavy atom. The van der Waals surface area contributed by atoms with Crippen LogP contribution in [0.2, 0.25) is 0 Å². The fourth-order valence-corrected chi connectivity index (χ4v) is 3.56. The Balaban J connectivity index is 2.12. The summed E-state index contributed by atoms with van der Waals surface area (Å²) in [6, 6.07) is 7.11. The molecule has 0 unspecified atom stereocenters. The number of aryl methyl sites for hydroxylation is 1. The maximum absolute atomic E-state index is 12.3. The molecule has 2 radical (unpaired) electrons. The van der Waals surface area contributed by atoms with Crippen LogP contribution in [0, 0.1) is 17.2 Å². The summed E-state index contributed by atoms with van der Waals surface area (Å²) in [5, 5.41) is 9.12. The summed E-state index contributed by atoms with van der Waals surface area (Å²) in [6.45, 7) is 3.72. The number of anilines is 1. The van der Waals surface area contributed by atoms with Gasteiger partial charge < -0.3 is 13.3 Å². The lowest BCUT2D eigenvalue weighted by molar-refractivity contribution is 0.134. The minimum Gasteiger partial charge on any atom is -0.513 e. The van der Waals surface area contributed by atoms with Gasteiger partial charge in [0, 0.05) is 32.3 Å².